The number of hydrogen-bond donors (Lipinski definition) is 1. The molecule has 0 unspecified atom stereocenters. The fraction of sp³-hybridized carbons (Fsp3) is 0.529. The summed E-state index contributed by atoms with van der Waals surface area (Å²) in [5.41, 5.74) is 5.04. The van der Waals surface area contributed by atoms with Crippen LogP contribution in [0.4, 0.5) is 0 Å². The van der Waals surface area contributed by atoms with Crippen molar-refractivity contribution in [3.8, 4) is 5.82 Å². The van der Waals surface area contributed by atoms with Crippen molar-refractivity contribution in [3.05, 3.63) is 41.1 Å². The van der Waals surface area contributed by atoms with Crippen LogP contribution in [0.5, 0.6) is 0 Å². The molecule has 0 aromatic carbocycles. The van der Waals surface area contributed by atoms with E-state index in [1.807, 2.05) is 13.4 Å². The number of pyridine rings is 1. The van der Waals surface area contributed by atoms with Crippen LogP contribution in [-0.2, 0) is 19.4 Å². The Morgan fingerprint density at radius 2 is 2.05 bits per heavy atom. The molecule has 3 rings (SSSR count). The molecule has 21 heavy (non-hydrogen) atoms. The molecule has 1 aliphatic rings. The third kappa shape index (κ3) is 2.86. The molecule has 0 radical (unpaired) electrons. The molecule has 0 saturated carbocycles. The van der Waals surface area contributed by atoms with Gasteiger partial charge in [0.15, 0.2) is 0 Å². The number of rotatable bonds is 4. The lowest BCUT2D eigenvalue weighted by Crippen LogP contribution is -2.11. The van der Waals surface area contributed by atoms with Crippen LogP contribution in [0.15, 0.2) is 18.5 Å². The van der Waals surface area contributed by atoms with Gasteiger partial charge in [-0.2, -0.15) is 0 Å². The first kappa shape index (κ1) is 14.3. The monoisotopic (exact) mass is 284 g/mol. The van der Waals surface area contributed by atoms with Crippen molar-refractivity contribution in [2.45, 2.75) is 52.0 Å². The van der Waals surface area contributed by atoms with Crippen molar-refractivity contribution in [2.24, 2.45) is 0 Å². The Labute approximate surface area is 126 Å². The van der Waals surface area contributed by atoms with Crippen LogP contribution in [0.1, 0.15) is 55.3 Å². The fourth-order valence-electron chi connectivity index (χ4n) is 2.99. The largest absolute Gasteiger partial charge is 0.316 e. The predicted octanol–water partition coefficient (Wildman–Crippen LogP) is 2.99. The summed E-state index contributed by atoms with van der Waals surface area (Å²) >= 11 is 0. The number of imidazole rings is 1. The van der Waals surface area contributed by atoms with E-state index in [1.165, 1.54) is 29.8 Å². The molecule has 2 aromatic rings. The molecule has 112 valence electrons. The highest BCUT2D eigenvalue weighted by Gasteiger charge is 2.17. The molecule has 0 aliphatic heterocycles. The molecule has 1 N–H and O–H groups in total. The van der Waals surface area contributed by atoms with E-state index in [9.17, 15) is 0 Å². The van der Waals surface area contributed by atoms with Crippen LogP contribution in [-0.4, -0.2) is 21.6 Å². The average molecular weight is 284 g/mol. The normalized spacial score (nSPS) is 14.5. The first-order chi connectivity index (χ1) is 10.2. The molecule has 0 atom stereocenters. The van der Waals surface area contributed by atoms with Crippen LogP contribution < -0.4 is 5.32 Å². The van der Waals surface area contributed by atoms with E-state index in [0.717, 1.165) is 30.9 Å². The van der Waals surface area contributed by atoms with Crippen LogP contribution in [0, 0.1) is 0 Å². The van der Waals surface area contributed by atoms with Gasteiger partial charge in [-0.1, -0.05) is 13.8 Å². The Bertz CT molecular complexity index is 628. The number of hydrogen-bond acceptors (Lipinski definition) is 3. The highest BCUT2D eigenvalue weighted by Crippen LogP contribution is 2.24. The maximum atomic E-state index is 4.86. The van der Waals surface area contributed by atoms with E-state index in [1.54, 1.807) is 0 Å². The smallest absolute Gasteiger partial charge is 0.138 e. The quantitative estimate of drug-likeness (QED) is 0.938. The van der Waals surface area contributed by atoms with Crippen molar-refractivity contribution in [1.29, 1.82) is 0 Å². The number of nitrogens with one attached hydrogen (secondary N) is 1. The Morgan fingerprint density at radius 1 is 1.24 bits per heavy atom. The highest BCUT2D eigenvalue weighted by atomic mass is 15.1. The van der Waals surface area contributed by atoms with Gasteiger partial charge >= 0.3 is 0 Å². The topological polar surface area (TPSA) is 42.7 Å². The van der Waals surface area contributed by atoms with Gasteiger partial charge in [-0.05, 0) is 56.3 Å². The highest BCUT2D eigenvalue weighted by molar-refractivity contribution is 5.35. The van der Waals surface area contributed by atoms with Crippen LogP contribution in [0.2, 0.25) is 0 Å². The lowest BCUT2D eigenvalue weighted by Gasteiger charge is -2.16. The number of nitrogens with zero attached hydrogens (tertiary/aromatic N) is 3. The van der Waals surface area contributed by atoms with Crippen LogP contribution >= 0.6 is 0 Å². The Hall–Kier alpha value is -1.68. The van der Waals surface area contributed by atoms with Gasteiger partial charge < -0.3 is 5.32 Å². The molecular weight excluding hydrogens is 260 g/mol. The zero-order chi connectivity index (χ0) is 14.8. The summed E-state index contributed by atoms with van der Waals surface area (Å²) in [7, 11) is 1.98. The van der Waals surface area contributed by atoms with Crippen molar-refractivity contribution in [3.63, 3.8) is 0 Å². The molecule has 0 bridgehead atoms. The number of fused-ring (bicyclic) bond motifs is 1. The molecule has 1 aliphatic carbocycles. The van der Waals surface area contributed by atoms with Gasteiger partial charge in [0.05, 0.1) is 5.69 Å². The van der Waals surface area contributed by atoms with Gasteiger partial charge in [0, 0.05) is 17.9 Å². The second kappa shape index (κ2) is 5.98. The summed E-state index contributed by atoms with van der Waals surface area (Å²) in [5, 5.41) is 3.23. The zero-order valence-corrected chi connectivity index (χ0v) is 13.2. The lowest BCUT2D eigenvalue weighted by atomic mass is 10.0. The first-order valence-electron chi connectivity index (χ1n) is 7.90. The summed E-state index contributed by atoms with van der Waals surface area (Å²) in [5.74, 6) is 1.45. The molecule has 2 heterocycles. The Morgan fingerprint density at radius 3 is 2.81 bits per heavy atom. The van der Waals surface area contributed by atoms with E-state index < -0.39 is 0 Å². The van der Waals surface area contributed by atoms with E-state index >= 15 is 0 Å². The number of aryl methyl sites for hydroxylation is 1. The van der Waals surface area contributed by atoms with Crippen molar-refractivity contribution in [2.75, 3.05) is 7.05 Å². The minimum Gasteiger partial charge on any atom is -0.316 e. The molecule has 4 nitrogen and oxygen atoms in total. The predicted molar refractivity (Wildman–Crippen MR) is 84.9 cm³/mol. The Balaban J connectivity index is 2.06. The van der Waals surface area contributed by atoms with Gasteiger partial charge in [-0.3, -0.25) is 4.57 Å². The maximum absolute atomic E-state index is 4.86. The van der Waals surface area contributed by atoms with Crippen LogP contribution in [0.25, 0.3) is 5.82 Å². The molecule has 4 heteroatoms. The third-order valence-corrected chi connectivity index (χ3v) is 4.14. The molecular formula is C17H24N4. The standard InChI is InChI=1S/C17H24N4/c1-12(2)15-8-13(10-18-3)9-17(20-15)21-11-19-14-6-4-5-7-16(14)21/h8-9,11-12,18H,4-7,10H2,1-3H3. The molecule has 0 amide bonds. The SMILES string of the molecule is CNCc1cc(C(C)C)nc(-n2cnc3c2CCCC3)c1. The average Bonchev–Trinajstić information content (AvgIpc) is 2.91. The third-order valence-electron chi connectivity index (χ3n) is 4.14. The van der Waals surface area contributed by atoms with E-state index in [4.69, 9.17) is 4.98 Å². The lowest BCUT2D eigenvalue weighted by molar-refractivity contribution is 0.652. The summed E-state index contributed by atoms with van der Waals surface area (Å²) in [6.07, 6.45) is 6.69. The summed E-state index contributed by atoms with van der Waals surface area (Å²) in [6, 6.07) is 4.38. The van der Waals surface area contributed by atoms with Crippen molar-refractivity contribution < 1.29 is 0 Å². The Kier molecular flexibility index (Phi) is 4.06. The van der Waals surface area contributed by atoms with E-state index in [0.29, 0.717) is 5.92 Å². The van der Waals surface area contributed by atoms with Gasteiger partial charge in [-0.15, -0.1) is 0 Å². The minimum atomic E-state index is 0.430. The van der Waals surface area contributed by atoms with E-state index in [2.05, 4.69) is 40.8 Å². The molecule has 0 spiro atoms. The molecule has 2 aromatic heterocycles. The van der Waals surface area contributed by atoms with Gasteiger partial charge in [-0.25, -0.2) is 9.97 Å². The summed E-state index contributed by atoms with van der Waals surface area (Å²) in [6.45, 7) is 5.25. The summed E-state index contributed by atoms with van der Waals surface area (Å²) in [4.78, 5) is 9.45. The first-order valence-corrected chi connectivity index (χ1v) is 7.90. The van der Waals surface area contributed by atoms with Gasteiger partial charge in [0.2, 0.25) is 0 Å². The summed E-state index contributed by atoms with van der Waals surface area (Å²) < 4.78 is 2.19. The van der Waals surface area contributed by atoms with Crippen molar-refractivity contribution >= 4 is 0 Å². The van der Waals surface area contributed by atoms with Gasteiger partial charge in [0.25, 0.3) is 0 Å². The fourth-order valence-corrected chi connectivity index (χ4v) is 2.99. The number of aromatic nitrogens is 3. The second-order valence-electron chi connectivity index (χ2n) is 6.16. The second-order valence-corrected chi connectivity index (χ2v) is 6.16. The molecule has 0 saturated heterocycles. The zero-order valence-electron chi connectivity index (χ0n) is 13.2. The van der Waals surface area contributed by atoms with Gasteiger partial charge in [0.1, 0.15) is 12.1 Å². The maximum Gasteiger partial charge on any atom is 0.138 e. The van der Waals surface area contributed by atoms with E-state index in [-0.39, 0.29) is 0 Å². The minimum absolute atomic E-state index is 0.430. The molecule has 0 fully saturated rings. The van der Waals surface area contributed by atoms with Crippen LogP contribution in [0.3, 0.4) is 0 Å². The van der Waals surface area contributed by atoms with Crippen molar-refractivity contribution in [1.82, 2.24) is 19.9 Å².